The number of nitrogens with zero attached hydrogens (tertiary/aromatic N) is 1. The maximum absolute atomic E-state index is 12.6. The molecule has 2 saturated heterocycles. The van der Waals surface area contributed by atoms with E-state index in [0.717, 1.165) is 58.8 Å². The van der Waals surface area contributed by atoms with Crippen LogP contribution in [0.25, 0.3) is 0 Å². The van der Waals surface area contributed by atoms with Crippen LogP contribution in [0.5, 0.6) is 0 Å². The fourth-order valence-corrected chi connectivity index (χ4v) is 3.02. The number of nitrogens with one attached hydrogen (secondary N) is 1. The number of hydrogen-bond donors (Lipinski definition) is 1. The van der Waals surface area contributed by atoms with Gasteiger partial charge in [0.2, 0.25) is 0 Å². The molecule has 0 aromatic carbocycles. The molecule has 0 bridgehead atoms. The second kappa shape index (κ2) is 6.13. The van der Waals surface area contributed by atoms with E-state index in [2.05, 4.69) is 24.1 Å². The van der Waals surface area contributed by atoms with Crippen LogP contribution in [0, 0.1) is 11.3 Å². The molecule has 0 aromatic heterocycles. The Morgan fingerprint density at radius 1 is 1.28 bits per heavy atom. The molecule has 18 heavy (non-hydrogen) atoms. The highest BCUT2D eigenvalue weighted by atomic mass is 16.5. The first-order valence-electron chi connectivity index (χ1n) is 7.15. The summed E-state index contributed by atoms with van der Waals surface area (Å²) in [6.45, 7) is 10.8. The molecule has 0 spiro atoms. The first-order valence-corrected chi connectivity index (χ1v) is 7.15. The molecule has 104 valence electrons. The molecule has 0 unspecified atom stereocenters. The van der Waals surface area contributed by atoms with Crippen molar-refractivity contribution in [2.24, 2.45) is 11.3 Å². The van der Waals surface area contributed by atoms with Crippen molar-refractivity contribution in [1.29, 1.82) is 0 Å². The van der Waals surface area contributed by atoms with Crippen LogP contribution in [0.1, 0.15) is 26.7 Å². The quantitative estimate of drug-likeness (QED) is 0.810. The molecule has 4 heteroatoms. The minimum atomic E-state index is -0.223. The maximum atomic E-state index is 12.6. The van der Waals surface area contributed by atoms with Crippen LogP contribution >= 0.6 is 0 Å². The van der Waals surface area contributed by atoms with Gasteiger partial charge < -0.3 is 10.1 Å². The molecular formula is C14H26N2O2. The highest BCUT2D eigenvalue weighted by Gasteiger charge is 2.35. The van der Waals surface area contributed by atoms with Crippen molar-refractivity contribution in [3.63, 3.8) is 0 Å². The third-order valence-electron chi connectivity index (χ3n) is 4.09. The van der Waals surface area contributed by atoms with Crippen molar-refractivity contribution < 1.29 is 9.53 Å². The Labute approximate surface area is 110 Å². The molecule has 2 heterocycles. The average Bonchev–Trinajstić information content (AvgIpc) is 2.39. The van der Waals surface area contributed by atoms with Crippen LogP contribution in [-0.2, 0) is 9.53 Å². The molecule has 2 aliphatic heterocycles. The molecule has 2 aliphatic rings. The summed E-state index contributed by atoms with van der Waals surface area (Å²) in [5.41, 5.74) is -0.223. The smallest absolute Gasteiger partial charge is 0.142 e. The van der Waals surface area contributed by atoms with Gasteiger partial charge in [-0.2, -0.15) is 0 Å². The number of rotatable bonds is 4. The molecule has 0 atom stereocenters. The Kier molecular flexibility index (Phi) is 4.76. The van der Waals surface area contributed by atoms with Gasteiger partial charge in [-0.25, -0.2) is 0 Å². The average molecular weight is 254 g/mol. The standard InChI is InChI=1S/C14H26N2O2/c1-14(2,11-16-7-5-15-6-8-16)13(17)12-3-9-18-10-4-12/h12,15H,3-11H2,1-2H3. The molecule has 4 nitrogen and oxygen atoms in total. The lowest BCUT2D eigenvalue weighted by Crippen LogP contribution is -2.49. The lowest BCUT2D eigenvalue weighted by Gasteiger charge is -2.36. The molecule has 0 saturated carbocycles. The van der Waals surface area contributed by atoms with Crippen LogP contribution in [0.4, 0.5) is 0 Å². The third-order valence-corrected chi connectivity index (χ3v) is 4.09. The number of piperazine rings is 1. The zero-order valence-corrected chi connectivity index (χ0v) is 11.7. The lowest BCUT2D eigenvalue weighted by molar-refractivity contribution is -0.135. The van der Waals surface area contributed by atoms with Gasteiger partial charge in [0.15, 0.2) is 0 Å². The van der Waals surface area contributed by atoms with Crippen LogP contribution in [-0.4, -0.2) is 56.6 Å². The van der Waals surface area contributed by atoms with Crippen LogP contribution < -0.4 is 5.32 Å². The van der Waals surface area contributed by atoms with Gasteiger partial charge in [-0.3, -0.25) is 9.69 Å². The van der Waals surface area contributed by atoms with Crippen molar-refractivity contribution in [3.8, 4) is 0 Å². The number of ether oxygens (including phenoxy) is 1. The molecular weight excluding hydrogens is 228 g/mol. The maximum Gasteiger partial charge on any atom is 0.142 e. The minimum Gasteiger partial charge on any atom is -0.381 e. The van der Waals surface area contributed by atoms with E-state index < -0.39 is 0 Å². The van der Waals surface area contributed by atoms with Gasteiger partial charge in [0, 0.05) is 57.3 Å². The topological polar surface area (TPSA) is 41.6 Å². The Morgan fingerprint density at radius 2 is 1.89 bits per heavy atom. The Hall–Kier alpha value is -0.450. The van der Waals surface area contributed by atoms with Gasteiger partial charge in [-0.1, -0.05) is 13.8 Å². The minimum absolute atomic E-state index is 0.219. The van der Waals surface area contributed by atoms with E-state index in [4.69, 9.17) is 4.74 Å². The molecule has 0 aromatic rings. The molecule has 1 N–H and O–H groups in total. The molecule has 2 rings (SSSR count). The predicted octanol–water partition coefficient (Wildman–Crippen LogP) is 0.914. The summed E-state index contributed by atoms with van der Waals surface area (Å²) in [5, 5.41) is 3.35. The van der Waals surface area contributed by atoms with Gasteiger partial charge >= 0.3 is 0 Å². The van der Waals surface area contributed by atoms with Gasteiger partial charge in [0.1, 0.15) is 5.78 Å². The number of ketones is 1. The summed E-state index contributed by atoms with van der Waals surface area (Å²) in [6.07, 6.45) is 1.81. The van der Waals surface area contributed by atoms with Gasteiger partial charge in [-0.15, -0.1) is 0 Å². The van der Waals surface area contributed by atoms with E-state index in [9.17, 15) is 4.79 Å². The fourth-order valence-electron chi connectivity index (χ4n) is 3.02. The second-order valence-electron chi connectivity index (χ2n) is 6.16. The van der Waals surface area contributed by atoms with Gasteiger partial charge in [0.25, 0.3) is 0 Å². The lowest BCUT2D eigenvalue weighted by atomic mass is 9.78. The first-order chi connectivity index (χ1) is 8.59. The largest absolute Gasteiger partial charge is 0.381 e. The Morgan fingerprint density at radius 3 is 2.50 bits per heavy atom. The first kappa shape index (κ1) is 14.0. The zero-order valence-electron chi connectivity index (χ0n) is 11.7. The molecule has 0 radical (unpaired) electrons. The van der Waals surface area contributed by atoms with Crippen LogP contribution in [0.3, 0.4) is 0 Å². The van der Waals surface area contributed by atoms with Gasteiger partial charge in [0.05, 0.1) is 0 Å². The number of carbonyl (C=O) groups excluding carboxylic acids is 1. The summed E-state index contributed by atoms with van der Waals surface area (Å²) in [7, 11) is 0. The number of carbonyl (C=O) groups is 1. The van der Waals surface area contributed by atoms with Crippen molar-refractivity contribution >= 4 is 5.78 Å². The van der Waals surface area contributed by atoms with E-state index in [1.807, 2.05) is 0 Å². The van der Waals surface area contributed by atoms with Crippen molar-refractivity contribution in [1.82, 2.24) is 10.2 Å². The van der Waals surface area contributed by atoms with Gasteiger partial charge in [-0.05, 0) is 12.8 Å². The summed E-state index contributed by atoms with van der Waals surface area (Å²) in [5.74, 6) is 0.654. The monoisotopic (exact) mass is 254 g/mol. The summed E-state index contributed by atoms with van der Waals surface area (Å²) < 4.78 is 5.34. The Balaban J connectivity index is 1.89. The normalized spacial score (nSPS) is 24.1. The summed E-state index contributed by atoms with van der Waals surface area (Å²) >= 11 is 0. The summed E-state index contributed by atoms with van der Waals surface area (Å²) in [4.78, 5) is 15.0. The second-order valence-corrected chi connectivity index (χ2v) is 6.16. The fraction of sp³-hybridized carbons (Fsp3) is 0.929. The number of hydrogen-bond acceptors (Lipinski definition) is 4. The summed E-state index contributed by atoms with van der Waals surface area (Å²) in [6, 6.07) is 0. The Bertz CT molecular complexity index is 280. The highest BCUT2D eigenvalue weighted by Crippen LogP contribution is 2.28. The van der Waals surface area contributed by atoms with E-state index in [1.165, 1.54) is 0 Å². The molecule has 2 fully saturated rings. The zero-order chi connectivity index (χ0) is 13.0. The molecule has 0 amide bonds. The van der Waals surface area contributed by atoms with Crippen molar-refractivity contribution in [3.05, 3.63) is 0 Å². The van der Waals surface area contributed by atoms with E-state index >= 15 is 0 Å². The van der Waals surface area contributed by atoms with Crippen LogP contribution in [0.2, 0.25) is 0 Å². The number of Topliss-reactive ketones (excluding diaryl/α,β-unsaturated/α-hetero) is 1. The predicted molar refractivity (Wildman–Crippen MR) is 71.6 cm³/mol. The van der Waals surface area contributed by atoms with E-state index in [0.29, 0.717) is 5.78 Å². The van der Waals surface area contributed by atoms with Crippen molar-refractivity contribution in [2.75, 3.05) is 45.9 Å². The SMILES string of the molecule is CC(C)(CN1CCNCC1)C(=O)C1CCOCC1. The van der Waals surface area contributed by atoms with E-state index in [-0.39, 0.29) is 11.3 Å². The van der Waals surface area contributed by atoms with E-state index in [1.54, 1.807) is 0 Å². The van der Waals surface area contributed by atoms with Crippen molar-refractivity contribution in [2.45, 2.75) is 26.7 Å². The third kappa shape index (κ3) is 3.53. The van der Waals surface area contributed by atoms with Crippen LogP contribution in [0.15, 0.2) is 0 Å². The molecule has 0 aliphatic carbocycles. The highest BCUT2D eigenvalue weighted by molar-refractivity contribution is 5.86.